The highest BCUT2D eigenvalue weighted by Gasteiger charge is 2.27. The fourth-order valence-corrected chi connectivity index (χ4v) is 1.86. The zero-order chi connectivity index (χ0) is 10.7. The lowest BCUT2D eigenvalue weighted by molar-refractivity contribution is -0.0583. The minimum absolute atomic E-state index is 0.0459. The number of nitrogens with zero attached hydrogens (tertiary/aromatic N) is 3. The molecule has 0 saturated carbocycles. The molecule has 5 nitrogen and oxygen atoms in total. The van der Waals surface area contributed by atoms with Crippen LogP contribution in [0.1, 0.15) is 25.5 Å². The van der Waals surface area contributed by atoms with Gasteiger partial charge < -0.3 is 10.1 Å². The van der Waals surface area contributed by atoms with Gasteiger partial charge in [0.15, 0.2) is 0 Å². The molecule has 1 fully saturated rings. The SMILES string of the molecule is Cn1cc(COC2(C)CCCNC2)nn1. The molecule has 5 heteroatoms. The van der Waals surface area contributed by atoms with Crippen molar-refractivity contribution in [2.75, 3.05) is 13.1 Å². The van der Waals surface area contributed by atoms with E-state index in [1.54, 1.807) is 4.68 Å². The van der Waals surface area contributed by atoms with Crippen LogP contribution in [0.2, 0.25) is 0 Å². The number of ether oxygens (including phenoxy) is 1. The van der Waals surface area contributed by atoms with E-state index in [4.69, 9.17) is 4.74 Å². The number of piperidine rings is 1. The maximum absolute atomic E-state index is 5.89. The lowest BCUT2D eigenvalue weighted by Gasteiger charge is -2.33. The molecule has 0 spiro atoms. The van der Waals surface area contributed by atoms with Gasteiger partial charge in [0.25, 0.3) is 0 Å². The van der Waals surface area contributed by atoms with Crippen LogP contribution in [-0.2, 0) is 18.4 Å². The fraction of sp³-hybridized carbons (Fsp3) is 0.800. The van der Waals surface area contributed by atoms with Crippen LogP contribution < -0.4 is 5.32 Å². The first-order chi connectivity index (χ1) is 7.18. The van der Waals surface area contributed by atoms with Gasteiger partial charge in [-0.25, -0.2) is 0 Å². The minimum Gasteiger partial charge on any atom is -0.368 e. The average Bonchev–Trinajstić information content (AvgIpc) is 2.63. The normalized spacial score (nSPS) is 26.8. The second kappa shape index (κ2) is 4.28. The molecule has 2 rings (SSSR count). The Bertz CT molecular complexity index is 317. The van der Waals surface area contributed by atoms with Crippen LogP contribution in [0.3, 0.4) is 0 Å². The molecule has 1 aliphatic heterocycles. The Labute approximate surface area is 89.8 Å². The third-order valence-corrected chi connectivity index (χ3v) is 2.78. The summed E-state index contributed by atoms with van der Waals surface area (Å²) in [4.78, 5) is 0. The van der Waals surface area contributed by atoms with E-state index in [0.717, 1.165) is 25.2 Å². The number of aromatic nitrogens is 3. The molecule has 15 heavy (non-hydrogen) atoms. The topological polar surface area (TPSA) is 52.0 Å². The van der Waals surface area contributed by atoms with Crippen LogP contribution in [0.15, 0.2) is 6.20 Å². The van der Waals surface area contributed by atoms with Gasteiger partial charge in [0.1, 0.15) is 5.69 Å². The highest BCUT2D eigenvalue weighted by molar-refractivity contribution is 4.91. The quantitative estimate of drug-likeness (QED) is 0.788. The molecule has 1 saturated heterocycles. The van der Waals surface area contributed by atoms with Crippen molar-refractivity contribution >= 4 is 0 Å². The van der Waals surface area contributed by atoms with E-state index in [1.807, 2.05) is 13.2 Å². The molecule has 0 bridgehead atoms. The second-order valence-corrected chi connectivity index (χ2v) is 4.40. The maximum Gasteiger partial charge on any atom is 0.108 e. The monoisotopic (exact) mass is 210 g/mol. The number of aryl methyl sites for hydroxylation is 1. The van der Waals surface area contributed by atoms with Gasteiger partial charge in [-0.2, -0.15) is 0 Å². The number of nitrogens with one attached hydrogen (secondary N) is 1. The average molecular weight is 210 g/mol. The summed E-state index contributed by atoms with van der Waals surface area (Å²) in [6.45, 7) is 4.72. The summed E-state index contributed by atoms with van der Waals surface area (Å²) in [5.74, 6) is 0. The first kappa shape index (κ1) is 10.6. The third-order valence-electron chi connectivity index (χ3n) is 2.78. The summed E-state index contributed by atoms with van der Waals surface area (Å²) < 4.78 is 7.59. The summed E-state index contributed by atoms with van der Waals surface area (Å²) in [7, 11) is 1.86. The van der Waals surface area contributed by atoms with Crippen molar-refractivity contribution in [1.82, 2.24) is 20.3 Å². The van der Waals surface area contributed by atoms with Crippen molar-refractivity contribution in [1.29, 1.82) is 0 Å². The van der Waals surface area contributed by atoms with Crippen molar-refractivity contribution in [2.45, 2.75) is 32.0 Å². The van der Waals surface area contributed by atoms with Crippen LogP contribution in [0, 0.1) is 0 Å². The molecule has 1 atom stereocenters. The van der Waals surface area contributed by atoms with Gasteiger partial charge >= 0.3 is 0 Å². The highest BCUT2D eigenvalue weighted by Crippen LogP contribution is 2.21. The zero-order valence-electron chi connectivity index (χ0n) is 9.36. The van der Waals surface area contributed by atoms with Gasteiger partial charge in [-0.15, -0.1) is 5.10 Å². The predicted molar refractivity (Wildman–Crippen MR) is 56.3 cm³/mol. The van der Waals surface area contributed by atoms with Crippen molar-refractivity contribution < 1.29 is 4.74 Å². The summed E-state index contributed by atoms with van der Waals surface area (Å²) in [5.41, 5.74) is 0.847. The van der Waals surface area contributed by atoms with E-state index in [1.165, 1.54) is 6.42 Å². The number of hydrogen-bond acceptors (Lipinski definition) is 4. The van der Waals surface area contributed by atoms with Crippen molar-refractivity contribution in [3.05, 3.63) is 11.9 Å². The Balaban J connectivity index is 1.86. The van der Waals surface area contributed by atoms with Gasteiger partial charge in [-0.3, -0.25) is 4.68 Å². The summed E-state index contributed by atoms with van der Waals surface area (Å²) >= 11 is 0. The van der Waals surface area contributed by atoms with Gasteiger partial charge in [0, 0.05) is 13.6 Å². The molecule has 84 valence electrons. The Kier molecular flexibility index (Phi) is 3.02. The largest absolute Gasteiger partial charge is 0.368 e. The second-order valence-electron chi connectivity index (χ2n) is 4.40. The smallest absolute Gasteiger partial charge is 0.108 e. The molecule has 1 aliphatic rings. The molecule has 1 aromatic heterocycles. The van der Waals surface area contributed by atoms with Gasteiger partial charge in [-0.05, 0) is 26.3 Å². The van der Waals surface area contributed by atoms with E-state index in [-0.39, 0.29) is 5.60 Å². The standard InChI is InChI=1S/C10H18N4O/c1-10(4-3-5-11-8-10)15-7-9-6-14(2)13-12-9/h6,11H,3-5,7-8H2,1-2H3. The molecule has 0 aliphatic carbocycles. The highest BCUT2D eigenvalue weighted by atomic mass is 16.5. The summed E-state index contributed by atoms with van der Waals surface area (Å²) in [6.07, 6.45) is 4.18. The Morgan fingerprint density at radius 1 is 1.67 bits per heavy atom. The van der Waals surface area contributed by atoms with Crippen LogP contribution in [0.25, 0.3) is 0 Å². The van der Waals surface area contributed by atoms with E-state index in [0.29, 0.717) is 6.61 Å². The minimum atomic E-state index is -0.0459. The van der Waals surface area contributed by atoms with E-state index in [9.17, 15) is 0 Å². The molecule has 0 radical (unpaired) electrons. The van der Waals surface area contributed by atoms with Gasteiger partial charge in [0.2, 0.25) is 0 Å². The summed E-state index contributed by atoms with van der Waals surface area (Å²) in [6, 6.07) is 0. The third kappa shape index (κ3) is 2.76. The van der Waals surface area contributed by atoms with Crippen LogP contribution >= 0.6 is 0 Å². The Hall–Kier alpha value is -0.940. The number of hydrogen-bond donors (Lipinski definition) is 1. The van der Waals surface area contributed by atoms with Crippen LogP contribution in [-0.4, -0.2) is 33.7 Å². The molecular formula is C10H18N4O. The fourth-order valence-electron chi connectivity index (χ4n) is 1.86. The lowest BCUT2D eigenvalue weighted by atomic mass is 9.96. The molecule has 1 aromatic rings. The Morgan fingerprint density at radius 2 is 2.53 bits per heavy atom. The van der Waals surface area contributed by atoms with E-state index >= 15 is 0 Å². The Morgan fingerprint density at radius 3 is 3.13 bits per heavy atom. The molecule has 0 amide bonds. The molecular weight excluding hydrogens is 192 g/mol. The molecule has 1 unspecified atom stereocenters. The van der Waals surface area contributed by atoms with E-state index < -0.39 is 0 Å². The van der Waals surface area contributed by atoms with E-state index in [2.05, 4.69) is 22.6 Å². The van der Waals surface area contributed by atoms with Gasteiger partial charge in [-0.1, -0.05) is 5.21 Å². The van der Waals surface area contributed by atoms with Crippen molar-refractivity contribution in [3.63, 3.8) is 0 Å². The lowest BCUT2D eigenvalue weighted by Crippen LogP contribution is -2.45. The van der Waals surface area contributed by atoms with Crippen LogP contribution in [0.5, 0.6) is 0 Å². The van der Waals surface area contributed by atoms with Gasteiger partial charge in [0.05, 0.1) is 18.4 Å². The predicted octanol–water partition coefficient (Wildman–Crippen LogP) is 0.474. The summed E-state index contributed by atoms with van der Waals surface area (Å²) in [5, 5.41) is 11.2. The van der Waals surface area contributed by atoms with Crippen LogP contribution in [0.4, 0.5) is 0 Å². The first-order valence-electron chi connectivity index (χ1n) is 5.38. The molecule has 1 N–H and O–H groups in total. The first-order valence-corrected chi connectivity index (χ1v) is 5.38. The van der Waals surface area contributed by atoms with Crippen molar-refractivity contribution in [3.8, 4) is 0 Å². The maximum atomic E-state index is 5.89. The molecule has 2 heterocycles. The number of rotatable bonds is 3. The zero-order valence-corrected chi connectivity index (χ0v) is 9.36. The van der Waals surface area contributed by atoms with Crippen molar-refractivity contribution in [2.24, 2.45) is 7.05 Å². The molecule has 0 aromatic carbocycles.